The highest BCUT2D eigenvalue weighted by Gasteiger charge is 2.09. The summed E-state index contributed by atoms with van der Waals surface area (Å²) in [5.74, 6) is -0.119. The number of hydrogen-bond acceptors (Lipinski definition) is 4. The third-order valence-corrected chi connectivity index (χ3v) is 4.45. The van der Waals surface area contributed by atoms with Crippen LogP contribution in [0.1, 0.15) is 15.2 Å². The van der Waals surface area contributed by atoms with Gasteiger partial charge in [-0.15, -0.1) is 11.3 Å². The van der Waals surface area contributed by atoms with Crippen LogP contribution in [-0.4, -0.2) is 20.0 Å². The summed E-state index contributed by atoms with van der Waals surface area (Å²) >= 11 is 5.00. The molecule has 0 aliphatic rings. The van der Waals surface area contributed by atoms with Gasteiger partial charge in [-0.25, -0.2) is 0 Å². The fraction of sp³-hybridized carbons (Fsp3) is 0.214. The van der Waals surface area contributed by atoms with Gasteiger partial charge in [0, 0.05) is 24.5 Å². The summed E-state index contributed by atoms with van der Waals surface area (Å²) < 4.78 is 1.06. The normalized spacial score (nSPS) is 10.3. The van der Waals surface area contributed by atoms with Gasteiger partial charge < -0.3 is 16.0 Å². The van der Waals surface area contributed by atoms with E-state index in [9.17, 15) is 4.79 Å². The van der Waals surface area contributed by atoms with Crippen molar-refractivity contribution in [1.29, 1.82) is 0 Å². The number of nitrogen functional groups attached to an aromatic ring is 1. The van der Waals surface area contributed by atoms with E-state index in [1.54, 1.807) is 23.5 Å². The minimum Gasteiger partial charge on any atom is -0.397 e. The number of rotatable bonds is 4. The van der Waals surface area contributed by atoms with Crippen LogP contribution in [0.15, 0.2) is 34.1 Å². The summed E-state index contributed by atoms with van der Waals surface area (Å²) in [6.07, 6.45) is 0. The first-order valence-electron chi connectivity index (χ1n) is 6.06. The Morgan fingerprint density at radius 1 is 1.35 bits per heavy atom. The molecule has 0 atom stereocenters. The van der Waals surface area contributed by atoms with E-state index < -0.39 is 0 Å². The van der Waals surface area contributed by atoms with E-state index in [1.165, 1.54) is 0 Å². The van der Waals surface area contributed by atoms with Crippen LogP contribution in [0.5, 0.6) is 0 Å². The Labute approximate surface area is 130 Å². The fourth-order valence-corrected chi connectivity index (χ4v) is 3.24. The molecule has 3 N–H and O–H groups in total. The van der Waals surface area contributed by atoms with E-state index >= 15 is 0 Å². The first-order valence-corrected chi connectivity index (χ1v) is 7.67. The molecule has 0 spiro atoms. The van der Waals surface area contributed by atoms with E-state index in [0.717, 1.165) is 14.4 Å². The number of carbonyl (C=O) groups excluding carboxylic acids is 1. The Bertz CT molecular complexity index is 625. The van der Waals surface area contributed by atoms with Crippen LogP contribution < -0.4 is 16.0 Å². The second kappa shape index (κ2) is 6.28. The molecule has 0 saturated carbocycles. The number of nitrogens with zero attached hydrogens (tertiary/aromatic N) is 1. The lowest BCUT2D eigenvalue weighted by molar-refractivity contribution is 0.0951. The van der Waals surface area contributed by atoms with E-state index in [4.69, 9.17) is 5.73 Å². The quantitative estimate of drug-likeness (QED) is 0.830. The summed E-state index contributed by atoms with van der Waals surface area (Å²) in [7, 11) is 3.83. The maximum Gasteiger partial charge on any atom is 0.251 e. The summed E-state index contributed by atoms with van der Waals surface area (Å²) in [5, 5.41) is 2.89. The van der Waals surface area contributed by atoms with Crippen molar-refractivity contribution >= 4 is 44.5 Å². The molecule has 0 aliphatic heterocycles. The van der Waals surface area contributed by atoms with Crippen LogP contribution in [0.3, 0.4) is 0 Å². The van der Waals surface area contributed by atoms with Gasteiger partial charge >= 0.3 is 0 Å². The molecule has 1 heterocycles. The molecule has 1 aromatic heterocycles. The molecule has 0 radical (unpaired) electrons. The van der Waals surface area contributed by atoms with Crippen molar-refractivity contribution in [2.75, 3.05) is 24.7 Å². The van der Waals surface area contributed by atoms with Crippen molar-refractivity contribution in [3.63, 3.8) is 0 Å². The number of nitrogens with two attached hydrogens (primary N) is 1. The van der Waals surface area contributed by atoms with Crippen LogP contribution in [0, 0.1) is 0 Å². The molecule has 6 heteroatoms. The molecule has 0 unspecified atom stereocenters. The van der Waals surface area contributed by atoms with Crippen LogP contribution in [-0.2, 0) is 6.54 Å². The predicted molar refractivity (Wildman–Crippen MR) is 88.4 cm³/mol. The molecule has 1 aromatic carbocycles. The third-order valence-electron chi connectivity index (χ3n) is 2.82. The van der Waals surface area contributed by atoms with Crippen LogP contribution >= 0.6 is 27.3 Å². The SMILES string of the molecule is CN(C)c1ccc(C(=O)NCc2ccc(Br)s2)cc1N. The minimum atomic E-state index is -0.119. The lowest BCUT2D eigenvalue weighted by Crippen LogP contribution is -2.22. The van der Waals surface area contributed by atoms with Crippen molar-refractivity contribution in [2.45, 2.75) is 6.54 Å². The molecule has 106 valence electrons. The predicted octanol–water partition coefficient (Wildman–Crippen LogP) is 3.09. The Balaban J connectivity index is 2.04. The van der Waals surface area contributed by atoms with Crippen molar-refractivity contribution in [1.82, 2.24) is 5.32 Å². The topological polar surface area (TPSA) is 58.4 Å². The van der Waals surface area contributed by atoms with Crippen molar-refractivity contribution in [2.24, 2.45) is 0 Å². The van der Waals surface area contributed by atoms with Gasteiger partial charge in [-0.05, 0) is 46.3 Å². The summed E-state index contributed by atoms with van der Waals surface area (Å²) in [6.45, 7) is 0.518. The van der Waals surface area contributed by atoms with Gasteiger partial charge in [0.1, 0.15) is 0 Å². The highest BCUT2D eigenvalue weighted by Crippen LogP contribution is 2.23. The number of nitrogens with one attached hydrogen (secondary N) is 1. The summed E-state index contributed by atoms with van der Waals surface area (Å²) in [4.78, 5) is 15.1. The molecule has 2 rings (SSSR count). The fourth-order valence-electron chi connectivity index (χ4n) is 1.82. The smallest absolute Gasteiger partial charge is 0.251 e. The van der Waals surface area contributed by atoms with Gasteiger partial charge in [-0.3, -0.25) is 4.79 Å². The maximum absolute atomic E-state index is 12.1. The van der Waals surface area contributed by atoms with Crippen molar-refractivity contribution in [3.8, 4) is 0 Å². The zero-order chi connectivity index (χ0) is 14.7. The molecule has 4 nitrogen and oxygen atoms in total. The minimum absolute atomic E-state index is 0.119. The number of hydrogen-bond donors (Lipinski definition) is 2. The van der Waals surface area contributed by atoms with E-state index in [0.29, 0.717) is 17.8 Å². The zero-order valence-corrected chi connectivity index (χ0v) is 13.7. The van der Waals surface area contributed by atoms with Crippen LogP contribution in [0.2, 0.25) is 0 Å². The third kappa shape index (κ3) is 3.52. The van der Waals surface area contributed by atoms with E-state index in [2.05, 4.69) is 21.2 Å². The van der Waals surface area contributed by atoms with E-state index in [-0.39, 0.29) is 5.91 Å². The Morgan fingerprint density at radius 3 is 2.65 bits per heavy atom. The van der Waals surface area contributed by atoms with Crippen molar-refractivity contribution < 1.29 is 4.79 Å². The Morgan fingerprint density at radius 2 is 2.10 bits per heavy atom. The first-order chi connectivity index (χ1) is 9.47. The average molecular weight is 354 g/mol. The Hall–Kier alpha value is -1.53. The van der Waals surface area contributed by atoms with Gasteiger partial charge in [0.15, 0.2) is 0 Å². The molecule has 0 fully saturated rings. The van der Waals surface area contributed by atoms with Gasteiger partial charge in [0.05, 0.1) is 21.7 Å². The molecule has 0 aliphatic carbocycles. The van der Waals surface area contributed by atoms with Gasteiger partial charge in [0.2, 0.25) is 0 Å². The van der Waals surface area contributed by atoms with Crippen LogP contribution in [0.25, 0.3) is 0 Å². The number of carbonyl (C=O) groups is 1. The number of benzene rings is 1. The molecule has 0 bridgehead atoms. The second-order valence-corrected chi connectivity index (χ2v) is 7.10. The second-order valence-electron chi connectivity index (χ2n) is 4.56. The molecule has 2 aromatic rings. The Kier molecular flexibility index (Phi) is 4.67. The summed E-state index contributed by atoms with van der Waals surface area (Å²) in [5.41, 5.74) is 8.02. The lowest BCUT2D eigenvalue weighted by atomic mass is 10.1. The van der Waals surface area contributed by atoms with E-state index in [1.807, 2.05) is 37.2 Å². The largest absolute Gasteiger partial charge is 0.397 e. The first kappa shape index (κ1) is 14.9. The molecule has 20 heavy (non-hydrogen) atoms. The molecular formula is C14H16BrN3OS. The number of anilines is 2. The maximum atomic E-state index is 12.1. The van der Waals surface area contributed by atoms with Crippen molar-refractivity contribution in [3.05, 3.63) is 44.6 Å². The highest BCUT2D eigenvalue weighted by molar-refractivity contribution is 9.11. The zero-order valence-electron chi connectivity index (χ0n) is 11.3. The monoisotopic (exact) mass is 353 g/mol. The molecular weight excluding hydrogens is 338 g/mol. The number of thiophene rings is 1. The number of halogens is 1. The average Bonchev–Trinajstić information content (AvgIpc) is 2.81. The molecule has 1 amide bonds. The van der Waals surface area contributed by atoms with Gasteiger partial charge in [0.25, 0.3) is 5.91 Å². The lowest BCUT2D eigenvalue weighted by Gasteiger charge is -2.15. The highest BCUT2D eigenvalue weighted by atomic mass is 79.9. The summed E-state index contributed by atoms with van der Waals surface area (Å²) in [6, 6.07) is 9.29. The number of amides is 1. The molecule has 0 saturated heterocycles. The van der Waals surface area contributed by atoms with Gasteiger partial charge in [-0.2, -0.15) is 0 Å². The van der Waals surface area contributed by atoms with Crippen LogP contribution in [0.4, 0.5) is 11.4 Å². The standard InChI is InChI=1S/C14H16BrN3OS/c1-18(2)12-5-3-9(7-11(12)16)14(19)17-8-10-4-6-13(15)20-10/h3-7H,8,16H2,1-2H3,(H,17,19). The van der Waals surface area contributed by atoms with Gasteiger partial charge in [-0.1, -0.05) is 0 Å².